The molecule has 1 N–H and O–H groups in total. The lowest BCUT2D eigenvalue weighted by atomic mass is 9.93. The van der Waals surface area contributed by atoms with Gasteiger partial charge >= 0.3 is 0 Å². The first-order chi connectivity index (χ1) is 13.0. The van der Waals surface area contributed by atoms with Crippen LogP contribution in [0.5, 0.6) is 5.75 Å². The number of nitrogens with one attached hydrogen (secondary N) is 1. The molecule has 0 bridgehead atoms. The summed E-state index contributed by atoms with van der Waals surface area (Å²) in [6.07, 6.45) is 4.23. The third kappa shape index (κ3) is 2.83. The van der Waals surface area contributed by atoms with Gasteiger partial charge in [-0.05, 0) is 43.8 Å². The zero-order valence-electron chi connectivity index (χ0n) is 15.7. The molecule has 0 unspecified atom stereocenters. The number of halogens is 1. The second-order valence-corrected chi connectivity index (χ2v) is 8.34. The molecular formula is C22H24ClN3O. The van der Waals surface area contributed by atoms with E-state index in [4.69, 9.17) is 16.3 Å². The van der Waals surface area contributed by atoms with Crippen molar-refractivity contribution in [2.24, 2.45) is 0 Å². The highest BCUT2D eigenvalue weighted by atomic mass is 35.5. The van der Waals surface area contributed by atoms with Crippen molar-refractivity contribution < 1.29 is 4.74 Å². The lowest BCUT2D eigenvalue weighted by molar-refractivity contribution is -0.157. The van der Waals surface area contributed by atoms with E-state index < -0.39 is 0 Å². The molecule has 0 saturated carbocycles. The Morgan fingerprint density at radius 3 is 2.59 bits per heavy atom. The highest BCUT2D eigenvalue weighted by Gasteiger charge is 2.51. The Balaban J connectivity index is 1.58. The number of fused-ring (bicyclic) bond motifs is 4. The van der Waals surface area contributed by atoms with Crippen LogP contribution in [-0.2, 0) is 0 Å². The van der Waals surface area contributed by atoms with E-state index in [9.17, 15) is 0 Å². The summed E-state index contributed by atoms with van der Waals surface area (Å²) in [5, 5.41) is 3.06. The Labute approximate surface area is 165 Å². The molecule has 3 heterocycles. The minimum Gasteiger partial charge on any atom is -0.470 e. The van der Waals surface area contributed by atoms with Crippen LogP contribution in [0.4, 0.5) is 0 Å². The molecule has 4 nitrogen and oxygen atoms in total. The predicted molar refractivity (Wildman–Crippen MR) is 108 cm³/mol. The summed E-state index contributed by atoms with van der Waals surface area (Å²) < 4.78 is 6.63. The SMILES string of the molecule is Cc1ccc(C2=C[C@@H]3c4cc(Cl)ccc4OC4(CCN(C)CC4)N3N2)cc1. The Hall–Kier alpha value is -2.01. The number of likely N-dealkylation sites (tertiary alicyclic amines) is 1. The van der Waals surface area contributed by atoms with Crippen molar-refractivity contribution in [2.75, 3.05) is 20.1 Å². The molecule has 1 spiro atoms. The first-order valence-electron chi connectivity index (χ1n) is 9.56. The number of rotatable bonds is 1. The molecule has 0 amide bonds. The van der Waals surface area contributed by atoms with Crippen LogP contribution < -0.4 is 10.2 Å². The van der Waals surface area contributed by atoms with Crippen LogP contribution in [0.2, 0.25) is 5.02 Å². The number of piperidine rings is 1. The van der Waals surface area contributed by atoms with Crippen LogP contribution in [-0.4, -0.2) is 35.8 Å². The fourth-order valence-electron chi connectivity index (χ4n) is 4.36. The summed E-state index contributed by atoms with van der Waals surface area (Å²) >= 11 is 6.31. The first kappa shape index (κ1) is 17.1. The van der Waals surface area contributed by atoms with Crippen molar-refractivity contribution in [1.29, 1.82) is 0 Å². The highest BCUT2D eigenvalue weighted by molar-refractivity contribution is 6.30. The number of nitrogens with zero attached hydrogens (tertiary/aromatic N) is 2. The minimum absolute atomic E-state index is 0.118. The summed E-state index contributed by atoms with van der Waals surface area (Å²) in [5.41, 5.74) is 8.06. The minimum atomic E-state index is -0.332. The van der Waals surface area contributed by atoms with Crippen LogP contribution >= 0.6 is 11.6 Å². The maximum atomic E-state index is 6.63. The van der Waals surface area contributed by atoms with E-state index in [0.29, 0.717) is 0 Å². The molecule has 3 aliphatic heterocycles. The second-order valence-electron chi connectivity index (χ2n) is 7.91. The molecule has 0 radical (unpaired) electrons. The first-order valence-corrected chi connectivity index (χ1v) is 9.94. The standard InChI is InChI=1S/C22H24ClN3O/c1-15-3-5-16(6-4-15)19-14-20-18-13-17(23)7-8-21(18)27-22(26(20)24-19)9-11-25(2)12-10-22/h3-8,13-14,20,24H,9-12H2,1-2H3/t20-/m1/s1. The highest BCUT2D eigenvalue weighted by Crippen LogP contribution is 2.48. The van der Waals surface area contributed by atoms with Crippen molar-refractivity contribution in [1.82, 2.24) is 15.3 Å². The van der Waals surface area contributed by atoms with Gasteiger partial charge in [-0.1, -0.05) is 41.4 Å². The van der Waals surface area contributed by atoms with Gasteiger partial charge in [-0.2, -0.15) is 5.01 Å². The molecule has 140 valence electrons. The van der Waals surface area contributed by atoms with E-state index in [0.717, 1.165) is 48.0 Å². The fraction of sp³-hybridized carbons (Fsp3) is 0.364. The van der Waals surface area contributed by atoms with E-state index in [1.54, 1.807) is 0 Å². The number of benzene rings is 2. The fourth-order valence-corrected chi connectivity index (χ4v) is 4.54. The summed E-state index contributed by atoms with van der Waals surface area (Å²) in [5.74, 6) is 0.952. The molecule has 3 aliphatic rings. The average Bonchev–Trinajstić information content (AvgIpc) is 3.12. The largest absolute Gasteiger partial charge is 0.470 e. The van der Waals surface area contributed by atoms with Gasteiger partial charge < -0.3 is 15.1 Å². The molecule has 0 aromatic heterocycles. The van der Waals surface area contributed by atoms with Crippen molar-refractivity contribution >= 4 is 17.3 Å². The topological polar surface area (TPSA) is 27.7 Å². The summed E-state index contributed by atoms with van der Waals surface area (Å²) in [7, 11) is 2.17. The Kier molecular flexibility index (Phi) is 3.97. The van der Waals surface area contributed by atoms with E-state index in [1.807, 2.05) is 18.2 Å². The van der Waals surface area contributed by atoms with Crippen LogP contribution in [0.1, 0.15) is 35.6 Å². The molecule has 1 saturated heterocycles. The van der Waals surface area contributed by atoms with E-state index in [2.05, 4.69) is 59.6 Å². The molecule has 5 rings (SSSR count). The summed E-state index contributed by atoms with van der Waals surface area (Å²) in [4.78, 5) is 2.37. The number of hydrogen-bond donors (Lipinski definition) is 1. The van der Waals surface area contributed by atoms with Crippen LogP contribution in [0.15, 0.2) is 48.5 Å². The molecule has 1 atom stereocenters. The van der Waals surface area contributed by atoms with Gasteiger partial charge in [0.1, 0.15) is 5.75 Å². The number of hydrogen-bond acceptors (Lipinski definition) is 4. The van der Waals surface area contributed by atoms with Crippen LogP contribution in [0.25, 0.3) is 5.70 Å². The van der Waals surface area contributed by atoms with Gasteiger partial charge in [0.15, 0.2) is 5.72 Å². The third-order valence-electron chi connectivity index (χ3n) is 6.00. The van der Waals surface area contributed by atoms with Crippen LogP contribution in [0.3, 0.4) is 0 Å². The van der Waals surface area contributed by atoms with Crippen molar-refractivity contribution in [3.05, 3.63) is 70.3 Å². The van der Waals surface area contributed by atoms with Gasteiger partial charge in [0, 0.05) is 36.5 Å². The molecule has 2 aromatic carbocycles. The molecule has 1 fully saturated rings. The van der Waals surface area contributed by atoms with Crippen LogP contribution in [0, 0.1) is 6.92 Å². The van der Waals surface area contributed by atoms with Crippen molar-refractivity contribution in [3.63, 3.8) is 0 Å². The van der Waals surface area contributed by atoms with E-state index in [1.165, 1.54) is 11.1 Å². The Bertz CT molecular complexity index is 900. The Morgan fingerprint density at radius 1 is 1.11 bits per heavy atom. The molecule has 2 aromatic rings. The number of ether oxygens (including phenoxy) is 1. The lowest BCUT2D eigenvalue weighted by Crippen LogP contribution is -2.63. The van der Waals surface area contributed by atoms with Gasteiger partial charge in [-0.3, -0.25) is 0 Å². The van der Waals surface area contributed by atoms with Gasteiger partial charge in [0.2, 0.25) is 0 Å². The monoisotopic (exact) mass is 381 g/mol. The quantitative estimate of drug-likeness (QED) is 0.794. The van der Waals surface area contributed by atoms with Crippen molar-refractivity contribution in [3.8, 4) is 5.75 Å². The predicted octanol–water partition coefficient (Wildman–Crippen LogP) is 4.37. The van der Waals surface area contributed by atoms with E-state index >= 15 is 0 Å². The van der Waals surface area contributed by atoms with Gasteiger partial charge in [-0.25, -0.2) is 0 Å². The molecule has 27 heavy (non-hydrogen) atoms. The molecule has 5 heteroatoms. The average molecular weight is 382 g/mol. The summed E-state index contributed by atoms with van der Waals surface area (Å²) in [6, 6.07) is 14.8. The van der Waals surface area contributed by atoms with Crippen molar-refractivity contribution in [2.45, 2.75) is 31.5 Å². The van der Waals surface area contributed by atoms with E-state index in [-0.39, 0.29) is 11.8 Å². The lowest BCUT2D eigenvalue weighted by Gasteiger charge is -2.51. The van der Waals surface area contributed by atoms with Gasteiger partial charge in [0.25, 0.3) is 0 Å². The molecular weight excluding hydrogens is 358 g/mol. The number of aryl methyl sites for hydroxylation is 1. The number of hydrazine groups is 1. The van der Waals surface area contributed by atoms with Gasteiger partial charge in [0.05, 0.1) is 11.7 Å². The zero-order valence-corrected chi connectivity index (χ0v) is 16.5. The van der Waals surface area contributed by atoms with Gasteiger partial charge in [-0.15, -0.1) is 0 Å². The second kappa shape index (κ2) is 6.26. The maximum absolute atomic E-state index is 6.63. The summed E-state index contributed by atoms with van der Waals surface area (Å²) in [6.45, 7) is 4.16. The maximum Gasteiger partial charge on any atom is 0.182 e. The third-order valence-corrected chi connectivity index (χ3v) is 6.24. The zero-order chi connectivity index (χ0) is 18.6. The Morgan fingerprint density at radius 2 is 1.85 bits per heavy atom. The molecule has 0 aliphatic carbocycles. The normalized spacial score (nSPS) is 24.0. The smallest absolute Gasteiger partial charge is 0.182 e.